The van der Waals surface area contributed by atoms with E-state index in [1.54, 1.807) is 0 Å². The van der Waals surface area contributed by atoms with E-state index in [1.807, 2.05) is 0 Å². The van der Waals surface area contributed by atoms with Crippen LogP contribution >= 0.6 is 0 Å². The van der Waals surface area contributed by atoms with E-state index in [0.717, 1.165) is 0 Å². The summed E-state index contributed by atoms with van der Waals surface area (Å²) >= 11 is 0. The molecule has 0 heterocycles. The zero-order valence-electron chi connectivity index (χ0n) is 5.80. The molecule has 0 aliphatic rings. The Hall–Kier alpha value is -0.155. The molecule has 2 N–H and O–H groups in total. The molecule has 0 rings (SSSR count). The van der Waals surface area contributed by atoms with Crippen LogP contribution in [0.3, 0.4) is 0 Å². The minimum atomic E-state index is -2.35. The average molecular weight is 152 g/mol. The van der Waals surface area contributed by atoms with E-state index in [2.05, 4.69) is 0 Å². The van der Waals surface area contributed by atoms with Crippen molar-refractivity contribution in [2.24, 2.45) is 0 Å². The van der Waals surface area contributed by atoms with Crippen LogP contribution in [-0.2, 0) is 0 Å². The van der Waals surface area contributed by atoms with Crippen LogP contribution in [0, 0.1) is 0 Å². The molecule has 0 aliphatic heterocycles. The molecule has 0 unspecified atom stereocenters. The van der Waals surface area contributed by atoms with Crippen LogP contribution in [-0.4, -0.2) is 23.6 Å². The second-order valence-electron chi connectivity index (χ2n) is 2.36. The third-order valence-corrected chi connectivity index (χ3v) is 1.35. The summed E-state index contributed by atoms with van der Waals surface area (Å²) in [5, 5.41) is 16.9. The van der Waals surface area contributed by atoms with Gasteiger partial charge in [0.2, 0.25) is 6.43 Å². The highest BCUT2D eigenvalue weighted by atomic mass is 19.3. The zero-order valence-corrected chi connectivity index (χ0v) is 5.80. The Morgan fingerprint density at radius 2 is 1.80 bits per heavy atom. The molecule has 0 saturated carbocycles. The van der Waals surface area contributed by atoms with Crippen LogP contribution < -0.4 is 0 Å². The van der Waals surface area contributed by atoms with Crippen molar-refractivity contribution in [2.75, 3.05) is 0 Å². The summed E-state index contributed by atoms with van der Waals surface area (Å²) in [6.45, 7) is 1.52. The maximum atomic E-state index is 11.5. The first-order chi connectivity index (χ1) is 4.54. The molecule has 0 bridgehead atoms. The van der Waals surface area contributed by atoms with Crippen LogP contribution in [0.4, 0.5) is 8.78 Å². The summed E-state index contributed by atoms with van der Waals surface area (Å²) in [6, 6.07) is 0. The molecule has 0 amide bonds. The predicted molar refractivity (Wildman–Crippen MR) is 34.9 cm³/mol. The van der Waals surface area contributed by atoms with E-state index >= 15 is 0 Å². The van der Waals surface area contributed by atoms with Gasteiger partial charge in [0.05, 0.1) is 0 Å². The summed E-state index contributed by atoms with van der Waals surface area (Å²) in [4.78, 5) is 0. The van der Waals surface area contributed by atoms with Gasteiger partial charge in [-0.2, -0.15) is 0 Å². The monoisotopic (exact) mass is 152 g/mol. The minimum absolute atomic E-state index is 0.148. The average Bonchev–Trinajstić information content (AvgIpc) is 1.82. The van der Waals surface area contributed by atoms with Gasteiger partial charge in [-0.1, -0.05) is 6.92 Å². The van der Waals surface area contributed by atoms with Gasteiger partial charge in [-0.05, 0) is 12.2 Å². The lowest BCUT2D eigenvalue weighted by Gasteiger charge is -2.07. The lowest BCUT2D eigenvalue weighted by Crippen LogP contribution is -2.18. The Morgan fingerprint density at radius 3 is 2.10 bits per heavy atom. The van der Waals surface area contributed by atoms with Gasteiger partial charge in [0.15, 0.2) is 0 Å². The number of alkyl halides is 2. The molecular formula is C5H11BF2O2. The van der Waals surface area contributed by atoms with Gasteiger partial charge >= 0.3 is 7.12 Å². The number of rotatable bonds is 4. The first-order valence-corrected chi connectivity index (χ1v) is 3.18. The maximum absolute atomic E-state index is 11.5. The van der Waals surface area contributed by atoms with E-state index in [1.165, 1.54) is 6.92 Å². The van der Waals surface area contributed by atoms with Gasteiger partial charge in [0.1, 0.15) is 0 Å². The second kappa shape index (κ2) is 4.63. The van der Waals surface area contributed by atoms with E-state index in [9.17, 15) is 8.78 Å². The molecular weight excluding hydrogens is 141 g/mol. The molecule has 10 heavy (non-hydrogen) atoms. The highest BCUT2D eigenvalue weighted by Gasteiger charge is 2.18. The smallest absolute Gasteiger partial charge is 0.427 e. The SMILES string of the molecule is C[C@H](CCC(F)F)B(O)O. The number of hydrogen-bond donors (Lipinski definition) is 2. The maximum Gasteiger partial charge on any atom is 0.454 e. The summed E-state index contributed by atoms with van der Waals surface area (Å²) in [6.07, 6.45) is -2.46. The molecule has 0 fully saturated rings. The topological polar surface area (TPSA) is 40.5 Å². The van der Waals surface area contributed by atoms with Crippen molar-refractivity contribution in [3.63, 3.8) is 0 Å². The molecule has 0 aromatic heterocycles. The largest absolute Gasteiger partial charge is 0.454 e. The van der Waals surface area contributed by atoms with Crippen LogP contribution in [0.1, 0.15) is 19.8 Å². The van der Waals surface area contributed by atoms with Crippen molar-refractivity contribution in [2.45, 2.75) is 32.0 Å². The van der Waals surface area contributed by atoms with E-state index < -0.39 is 19.4 Å². The Labute approximate surface area is 59.0 Å². The normalized spacial score (nSPS) is 13.8. The fourth-order valence-electron chi connectivity index (χ4n) is 0.538. The quantitative estimate of drug-likeness (QED) is 0.587. The van der Waals surface area contributed by atoms with Crippen molar-refractivity contribution in [3.8, 4) is 0 Å². The first-order valence-electron chi connectivity index (χ1n) is 3.18. The summed E-state index contributed by atoms with van der Waals surface area (Å²) in [5.41, 5.74) is 0. The standard InChI is InChI=1S/C5H11BF2O2/c1-4(6(9)10)2-3-5(7)8/h4-5,9-10H,2-3H2,1H3/t4-/m1/s1. The van der Waals surface area contributed by atoms with Crippen molar-refractivity contribution < 1.29 is 18.8 Å². The Kier molecular flexibility index (Phi) is 4.56. The lowest BCUT2D eigenvalue weighted by molar-refractivity contribution is 0.133. The van der Waals surface area contributed by atoms with Crippen molar-refractivity contribution >= 4 is 7.12 Å². The van der Waals surface area contributed by atoms with Gasteiger partial charge in [-0.3, -0.25) is 0 Å². The predicted octanol–water partition coefficient (Wildman–Crippen LogP) is 0.895. The summed E-state index contributed by atoms with van der Waals surface area (Å²) < 4.78 is 23.0. The van der Waals surface area contributed by atoms with E-state index in [0.29, 0.717) is 0 Å². The van der Waals surface area contributed by atoms with Crippen LogP contribution in [0.5, 0.6) is 0 Å². The zero-order chi connectivity index (χ0) is 8.15. The van der Waals surface area contributed by atoms with Gasteiger partial charge in [-0.25, -0.2) is 8.78 Å². The molecule has 0 spiro atoms. The molecule has 5 heteroatoms. The van der Waals surface area contributed by atoms with Gasteiger partial charge < -0.3 is 10.0 Å². The molecule has 0 saturated heterocycles. The highest BCUT2D eigenvalue weighted by molar-refractivity contribution is 6.42. The summed E-state index contributed by atoms with van der Waals surface area (Å²) in [5.74, 6) is -0.464. The minimum Gasteiger partial charge on any atom is -0.427 e. The fourth-order valence-corrected chi connectivity index (χ4v) is 0.538. The Bertz CT molecular complexity index is 89.7. The Morgan fingerprint density at radius 1 is 1.30 bits per heavy atom. The third kappa shape index (κ3) is 4.70. The van der Waals surface area contributed by atoms with Gasteiger partial charge in [0.25, 0.3) is 0 Å². The van der Waals surface area contributed by atoms with Gasteiger partial charge in [-0.15, -0.1) is 0 Å². The molecule has 1 atom stereocenters. The van der Waals surface area contributed by atoms with E-state index in [-0.39, 0.29) is 12.8 Å². The number of hydrogen-bond acceptors (Lipinski definition) is 2. The number of halogens is 2. The third-order valence-electron chi connectivity index (χ3n) is 1.35. The molecule has 0 aromatic carbocycles. The molecule has 0 aromatic rings. The molecule has 0 aliphatic carbocycles. The molecule has 0 radical (unpaired) electrons. The van der Waals surface area contributed by atoms with Crippen molar-refractivity contribution in [1.82, 2.24) is 0 Å². The highest BCUT2D eigenvalue weighted by Crippen LogP contribution is 2.16. The fraction of sp³-hybridized carbons (Fsp3) is 1.00. The molecule has 2 nitrogen and oxygen atoms in total. The van der Waals surface area contributed by atoms with Crippen molar-refractivity contribution in [1.29, 1.82) is 0 Å². The first kappa shape index (κ1) is 9.84. The second-order valence-corrected chi connectivity index (χ2v) is 2.36. The van der Waals surface area contributed by atoms with Crippen LogP contribution in [0.2, 0.25) is 5.82 Å². The molecule has 60 valence electrons. The Balaban J connectivity index is 3.30. The summed E-state index contributed by atoms with van der Waals surface area (Å²) in [7, 11) is -1.47. The van der Waals surface area contributed by atoms with E-state index in [4.69, 9.17) is 10.0 Å². The van der Waals surface area contributed by atoms with Crippen LogP contribution in [0.15, 0.2) is 0 Å². The van der Waals surface area contributed by atoms with Gasteiger partial charge in [0, 0.05) is 6.42 Å². The lowest BCUT2D eigenvalue weighted by atomic mass is 9.72. The van der Waals surface area contributed by atoms with Crippen LogP contribution in [0.25, 0.3) is 0 Å². The van der Waals surface area contributed by atoms with Crippen molar-refractivity contribution in [3.05, 3.63) is 0 Å².